The molecule has 0 atom stereocenters. The third-order valence-corrected chi connectivity index (χ3v) is 3.96. The van der Waals surface area contributed by atoms with Crippen LogP contribution in [-0.4, -0.2) is 0 Å². The molecular formula is C16H34. The lowest BCUT2D eigenvalue weighted by atomic mass is 9.60. The Morgan fingerprint density at radius 1 is 0.562 bits per heavy atom. The number of hydrogen-bond donors (Lipinski definition) is 0. The zero-order chi connectivity index (χ0) is 13.4. The monoisotopic (exact) mass is 226 g/mol. The standard InChI is InChI=1S/C16H34/c1-13(2,3)11-15(7,8)12-16(9,10)14(4,5)6/h11-12H2,1-10H3. The van der Waals surface area contributed by atoms with E-state index in [0.717, 1.165) is 0 Å². The molecule has 0 saturated carbocycles. The first-order valence-electron chi connectivity index (χ1n) is 6.66. The van der Waals surface area contributed by atoms with Crippen LogP contribution in [0.2, 0.25) is 0 Å². The van der Waals surface area contributed by atoms with Crippen molar-refractivity contribution in [3.63, 3.8) is 0 Å². The van der Waals surface area contributed by atoms with Crippen LogP contribution in [0, 0.1) is 21.7 Å². The van der Waals surface area contributed by atoms with Crippen LogP contribution < -0.4 is 0 Å². The second kappa shape index (κ2) is 4.35. The van der Waals surface area contributed by atoms with Crippen molar-refractivity contribution in [2.75, 3.05) is 0 Å². The molecule has 0 aromatic carbocycles. The first kappa shape index (κ1) is 16.0. The summed E-state index contributed by atoms with van der Waals surface area (Å²) in [5.74, 6) is 0. The summed E-state index contributed by atoms with van der Waals surface area (Å²) < 4.78 is 0. The molecule has 0 heterocycles. The van der Waals surface area contributed by atoms with Crippen molar-refractivity contribution in [3.05, 3.63) is 0 Å². The number of rotatable bonds is 3. The van der Waals surface area contributed by atoms with E-state index in [0.29, 0.717) is 21.7 Å². The summed E-state index contributed by atoms with van der Waals surface area (Å²) in [4.78, 5) is 0. The molecule has 0 aliphatic heterocycles. The van der Waals surface area contributed by atoms with Gasteiger partial charge in [-0.15, -0.1) is 0 Å². The Hall–Kier alpha value is 0. The average molecular weight is 226 g/mol. The molecule has 0 spiro atoms. The highest BCUT2D eigenvalue weighted by molar-refractivity contribution is 4.89. The van der Waals surface area contributed by atoms with Gasteiger partial charge in [0.1, 0.15) is 0 Å². The minimum absolute atomic E-state index is 0.377. The maximum atomic E-state index is 2.42. The van der Waals surface area contributed by atoms with Gasteiger partial charge in [-0.25, -0.2) is 0 Å². The summed E-state index contributed by atoms with van der Waals surface area (Å²) in [5.41, 5.74) is 1.62. The molecule has 0 nitrogen and oxygen atoms in total. The topological polar surface area (TPSA) is 0 Å². The van der Waals surface area contributed by atoms with Crippen molar-refractivity contribution >= 4 is 0 Å². The van der Waals surface area contributed by atoms with Crippen molar-refractivity contribution in [1.29, 1.82) is 0 Å². The molecule has 0 unspecified atom stereocenters. The van der Waals surface area contributed by atoms with E-state index in [2.05, 4.69) is 69.2 Å². The largest absolute Gasteiger partial charge is 0.0602 e. The second-order valence-corrected chi connectivity index (χ2v) is 9.21. The van der Waals surface area contributed by atoms with Gasteiger partial charge in [0.2, 0.25) is 0 Å². The van der Waals surface area contributed by atoms with Crippen LogP contribution in [0.3, 0.4) is 0 Å². The van der Waals surface area contributed by atoms with Crippen LogP contribution in [0.5, 0.6) is 0 Å². The maximum absolute atomic E-state index is 2.42. The predicted molar refractivity (Wildman–Crippen MR) is 75.7 cm³/mol. The average Bonchev–Trinajstić information content (AvgIpc) is 1.72. The van der Waals surface area contributed by atoms with E-state index in [9.17, 15) is 0 Å². The van der Waals surface area contributed by atoms with E-state index in [1.165, 1.54) is 12.8 Å². The van der Waals surface area contributed by atoms with Crippen molar-refractivity contribution < 1.29 is 0 Å². The van der Waals surface area contributed by atoms with Gasteiger partial charge in [-0.1, -0.05) is 69.2 Å². The van der Waals surface area contributed by atoms with Crippen LogP contribution >= 0.6 is 0 Å². The minimum Gasteiger partial charge on any atom is -0.0602 e. The Balaban J connectivity index is 4.72. The molecule has 0 heteroatoms. The summed E-state index contributed by atoms with van der Waals surface area (Å²) >= 11 is 0. The molecule has 0 amide bonds. The van der Waals surface area contributed by atoms with Crippen LogP contribution in [-0.2, 0) is 0 Å². The highest BCUT2D eigenvalue weighted by Gasteiger charge is 2.38. The Labute approximate surface area is 104 Å². The molecule has 0 radical (unpaired) electrons. The summed E-state index contributed by atoms with van der Waals surface area (Å²) in [6.45, 7) is 23.8. The fraction of sp³-hybridized carbons (Fsp3) is 1.00. The van der Waals surface area contributed by atoms with Gasteiger partial charge >= 0.3 is 0 Å². The van der Waals surface area contributed by atoms with E-state index in [1.807, 2.05) is 0 Å². The predicted octanol–water partition coefficient (Wildman–Crippen LogP) is 5.91. The SMILES string of the molecule is CC(C)(C)CC(C)(C)CC(C)(C)C(C)(C)C. The second-order valence-electron chi connectivity index (χ2n) is 9.21. The highest BCUT2D eigenvalue weighted by Crippen LogP contribution is 2.49. The fourth-order valence-corrected chi connectivity index (χ4v) is 2.96. The van der Waals surface area contributed by atoms with Gasteiger partial charge < -0.3 is 0 Å². The lowest BCUT2D eigenvalue weighted by Gasteiger charge is -2.45. The molecule has 0 fully saturated rings. The van der Waals surface area contributed by atoms with Crippen LogP contribution in [0.1, 0.15) is 82.1 Å². The summed E-state index contributed by atoms with van der Waals surface area (Å²) in [7, 11) is 0. The Morgan fingerprint density at radius 3 is 1.19 bits per heavy atom. The van der Waals surface area contributed by atoms with Gasteiger partial charge in [-0.05, 0) is 34.5 Å². The molecule has 0 bridgehead atoms. The lowest BCUT2D eigenvalue weighted by molar-refractivity contribution is 0.0480. The lowest BCUT2D eigenvalue weighted by Crippen LogP contribution is -2.36. The molecule has 0 aliphatic carbocycles. The highest BCUT2D eigenvalue weighted by atomic mass is 14.4. The van der Waals surface area contributed by atoms with Crippen molar-refractivity contribution in [1.82, 2.24) is 0 Å². The van der Waals surface area contributed by atoms with E-state index < -0.39 is 0 Å². The first-order valence-corrected chi connectivity index (χ1v) is 6.66. The number of hydrogen-bond acceptors (Lipinski definition) is 0. The van der Waals surface area contributed by atoms with Gasteiger partial charge in [0.15, 0.2) is 0 Å². The molecule has 0 aromatic rings. The van der Waals surface area contributed by atoms with Crippen LogP contribution in [0.25, 0.3) is 0 Å². The molecule has 0 N–H and O–H groups in total. The molecule has 0 aromatic heterocycles. The Morgan fingerprint density at radius 2 is 0.938 bits per heavy atom. The smallest absolute Gasteiger partial charge is 0.0300 e. The molecule has 0 rings (SSSR count). The summed E-state index contributed by atoms with van der Waals surface area (Å²) in [6, 6.07) is 0. The van der Waals surface area contributed by atoms with Crippen LogP contribution in [0.15, 0.2) is 0 Å². The first-order chi connectivity index (χ1) is 6.66. The van der Waals surface area contributed by atoms with Gasteiger partial charge in [-0.2, -0.15) is 0 Å². The van der Waals surface area contributed by atoms with Crippen molar-refractivity contribution in [2.45, 2.75) is 82.1 Å². The van der Waals surface area contributed by atoms with Crippen molar-refractivity contribution in [2.24, 2.45) is 21.7 Å². The maximum Gasteiger partial charge on any atom is -0.0300 e. The van der Waals surface area contributed by atoms with Gasteiger partial charge in [0, 0.05) is 0 Å². The van der Waals surface area contributed by atoms with Gasteiger partial charge in [0.25, 0.3) is 0 Å². The Kier molecular flexibility index (Phi) is 4.35. The zero-order valence-electron chi connectivity index (χ0n) is 13.4. The third-order valence-electron chi connectivity index (χ3n) is 3.96. The Bertz CT molecular complexity index is 217. The minimum atomic E-state index is 0.377. The van der Waals surface area contributed by atoms with Gasteiger partial charge in [-0.3, -0.25) is 0 Å². The van der Waals surface area contributed by atoms with E-state index in [4.69, 9.17) is 0 Å². The van der Waals surface area contributed by atoms with Crippen LogP contribution in [0.4, 0.5) is 0 Å². The summed E-state index contributed by atoms with van der Waals surface area (Å²) in [6.07, 6.45) is 2.58. The normalized spacial score (nSPS) is 15.4. The van der Waals surface area contributed by atoms with E-state index in [-0.39, 0.29) is 0 Å². The molecule has 0 saturated heterocycles. The molecular weight excluding hydrogens is 192 g/mol. The fourth-order valence-electron chi connectivity index (χ4n) is 2.96. The molecule has 0 aliphatic rings. The molecule has 98 valence electrons. The van der Waals surface area contributed by atoms with E-state index in [1.54, 1.807) is 0 Å². The third kappa shape index (κ3) is 5.37. The summed E-state index contributed by atoms with van der Waals surface area (Å²) in [5, 5.41) is 0. The van der Waals surface area contributed by atoms with Crippen molar-refractivity contribution in [3.8, 4) is 0 Å². The molecule has 16 heavy (non-hydrogen) atoms. The van der Waals surface area contributed by atoms with E-state index >= 15 is 0 Å². The quantitative estimate of drug-likeness (QED) is 0.561. The zero-order valence-corrected chi connectivity index (χ0v) is 13.4. The van der Waals surface area contributed by atoms with Gasteiger partial charge in [0.05, 0.1) is 0 Å².